The van der Waals surface area contributed by atoms with Crippen LogP contribution >= 0.6 is 0 Å². The molecule has 0 heterocycles. The van der Waals surface area contributed by atoms with Gasteiger partial charge in [0.2, 0.25) is 11.1 Å². The van der Waals surface area contributed by atoms with Crippen molar-refractivity contribution in [3.63, 3.8) is 0 Å². The van der Waals surface area contributed by atoms with E-state index in [2.05, 4.69) is 0 Å². The minimum Gasteiger partial charge on any atom is -0.264 e. The molecule has 0 aliphatic carbocycles. The molecule has 0 aliphatic rings. The summed E-state index contributed by atoms with van der Waals surface area (Å²) < 4.78 is 0. The van der Waals surface area contributed by atoms with Crippen LogP contribution in [-0.2, 0) is 0 Å². The van der Waals surface area contributed by atoms with E-state index in [0.717, 1.165) is 0 Å². The first-order valence-corrected chi connectivity index (χ1v) is 5.38. The second kappa shape index (κ2) is 5.23. The largest absolute Gasteiger partial charge is 0.264 e. The lowest BCUT2D eigenvalue weighted by Crippen LogP contribution is -2.32. The van der Waals surface area contributed by atoms with Crippen LogP contribution in [0.5, 0.6) is 0 Å². The number of hydrogen-bond donors (Lipinski definition) is 0. The third-order valence-corrected chi connectivity index (χ3v) is 2.82. The lowest BCUT2D eigenvalue weighted by molar-refractivity contribution is -0.564. The minimum absolute atomic E-state index is 0.300. The van der Waals surface area contributed by atoms with E-state index in [1.807, 2.05) is 0 Å². The second-order valence-electron chi connectivity index (χ2n) is 5.35. The fourth-order valence-corrected chi connectivity index (χ4v) is 1.30. The molecule has 0 aromatic heterocycles. The maximum absolute atomic E-state index is 10.6. The molecule has 0 spiro atoms. The number of rotatable bonds is 7. The van der Waals surface area contributed by atoms with Crippen LogP contribution in [-0.4, -0.2) is 20.9 Å². The van der Waals surface area contributed by atoms with Gasteiger partial charge in [-0.15, -0.1) is 0 Å². The number of unbranched alkanes of at least 4 members (excludes halogenated alkanes) is 1. The Bertz CT molecular complexity index is 246. The summed E-state index contributed by atoms with van der Waals surface area (Å²) in [5.41, 5.74) is -1.86. The molecule has 0 aromatic rings. The summed E-state index contributed by atoms with van der Waals surface area (Å²) in [4.78, 5) is 20.6. The molecule has 0 radical (unpaired) electrons. The van der Waals surface area contributed by atoms with Crippen LogP contribution in [0.3, 0.4) is 0 Å². The Labute approximate surface area is 95.3 Å². The van der Waals surface area contributed by atoms with Crippen molar-refractivity contribution >= 4 is 0 Å². The minimum atomic E-state index is -0.932. The van der Waals surface area contributed by atoms with Gasteiger partial charge in [0.1, 0.15) is 0 Å². The Morgan fingerprint density at radius 3 is 1.25 bits per heavy atom. The zero-order valence-electron chi connectivity index (χ0n) is 10.4. The van der Waals surface area contributed by atoms with Crippen LogP contribution < -0.4 is 0 Å². The predicted molar refractivity (Wildman–Crippen MR) is 60.6 cm³/mol. The molecule has 0 aromatic carbocycles. The van der Waals surface area contributed by atoms with Crippen molar-refractivity contribution < 1.29 is 9.85 Å². The van der Waals surface area contributed by atoms with Crippen LogP contribution in [0.25, 0.3) is 0 Å². The van der Waals surface area contributed by atoms with E-state index in [9.17, 15) is 20.2 Å². The molecule has 0 N–H and O–H groups in total. The summed E-state index contributed by atoms with van der Waals surface area (Å²) >= 11 is 0. The van der Waals surface area contributed by atoms with Crippen molar-refractivity contribution in [1.82, 2.24) is 0 Å². The van der Waals surface area contributed by atoms with Crippen molar-refractivity contribution in [3.8, 4) is 0 Å². The first-order valence-electron chi connectivity index (χ1n) is 5.38. The van der Waals surface area contributed by atoms with E-state index < -0.39 is 11.1 Å². The molecule has 6 nitrogen and oxygen atoms in total. The van der Waals surface area contributed by atoms with Crippen molar-refractivity contribution in [2.24, 2.45) is 0 Å². The highest BCUT2D eigenvalue weighted by Crippen LogP contribution is 2.21. The molecule has 94 valence electrons. The highest BCUT2D eigenvalue weighted by Gasteiger charge is 2.32. The standard InChI is InChI=1S/C10H20N2O4/c1-9(2,11(13)14)7-5-6-8-10(3,4)12(15)16/h5-8H2,1-4H3. The summed E-state index contributed by atoms with van der Waals surface area (Å²) in [6.45, 7) is 6.30. The monoisotopic (exact) mass is 232 g/mol. The summed E-state index contributed by atoms with van der Waals surface area (Å²) in [7, 11) is 0. The molecular formula is C10H20N2O4. The van der Waals surface area contributed by atoms with E-state index in [4.69, 9.17) is 0 Å². The number of nitrogens with zero attached hydrogens (tertiary/aromatic N) is 2. The Morgan fingerprint density at radius 1 is 0.812 bits per heavy atom. The molecule has 6 heteroatoms. The molecule has 0 amide bonds. The van der Waals surface area contributed by atoms with Crippen LogP contribution in [0.15, 0.2) is 0 Å². The lowest BCUT2D eigenvalue weighted by Gasteiger charge is -2.17. The van der Waals surface area contributed by atoms with Gasteiger partial charge < -0.3 is 0 Å². The Hall–Kier alpha value is -1.20. The molecule has 0 fully saturated rings. The highest BCUT2D eigenvalue weighted by atomic mass is 16.6. The van der Waals surface area contributed by atoms with Crippen LogP contribution in [0.1, 0.15) is 53.4 Å². The van der Waals surface area contributed by atoms with Gasteiger partial charge in [0, 0.05) is 50.4 Å². The van der Waals surface area contributed by atoms with Crippen molar-refractivity contribution in [1.29, 1.82) is 0 Å². The van der Waals surface area contributed by atoms with E-state index in [1.54, 1.807) is 27.7 Å². The molecule has 0 rings (SSSR count). The summed E-state index contributed by atoms with van der Waals surface area (Å²) in [5, 5.41) is 21.2. The summed E-state index contributed by atoms with van der Waals surface area (Å²) in [5.74, 6) is 0. The fraction of sp³-hybridized carbons (Fsp3) is 1.00. The highest BCUT2D eigenvalue weighted by molar-refractivity contribution is 4.70. The van der Waals surface area contributed by atoms with Crippen LogP contribution in [0.4, 0.5) is 0 Å². The number of hydrogen-bond acceptors (Lipinski definition) is 4. The van der Waals surface area contributed by atoms with Crippen LogP contribution in [0, 0.1) is 20.2 Å². The predicted octanol–water partition coefficient (Wildman–Crippen LogP) is 2.66. The Balaban J connectivity index is 3.94. The third kappa shape index (κ3) is 4.55. The Morgan fingerprint density at radius 2 is 1.06 bits per heavy atom. The Kier molecular flexibility index (Phi) is 4.83. The molecule has 0 saturated heterocycles. The molecule has 0 bridgehead atoms. The van der Waals surface area contributed by atoms with Crippen LogP contribution in [0.2, 0.25) is 0 Å². The average Bonchev–Trinajstić information content (AvgIpc) is 2.12. The van der Waals surface area contributed by atoms with Gasteiger partial charge in [-0.05, 0) is 12.8 Å². The van der Waals surface area contributed by atoms with Crippen molar-refractivity contribution in [3.05, 3.63) is 20.2 Å². The summed E-state index contributed by atoms with van der Waals surface area (Å²) in [6.07, 6.45) is 2.19. The molecule has 16 heavy (non-hydrogen) atoms. The van der Waals surface area contributed by atoms with Gasteiger partial charge in [0.15, 0.2) is 0 Å². The zero-order valence-corrected chi connectivity index (χ0v) is 10.4. The maximum Gasteiger partial charge on any atom is 0.216 e. The smallest absolute Gasteiger partial charge is 0.216 e. The van der Waals surface area contributed by atoms with E-state index in [1.165, 1.54) is 0 Å². The molecular weight excluding hydrogens is 212 g/mol. The topological polar surface area (TPSA) is 86.3 Å². The van der Waals surface area contributed by atoms with E-state index in [0.29, 0.717) is 25.7 Å². The first-order chi connectivity index (χ1) is 7.09. The third-order valence-electron chi connectivity index (χ3n) is 2.82. The fourth-order valence-electron chi connectivity index (χ4n) is 1.30. The molecule has 0 atom stereocenters. The van der Waals surface area contributed by atoms with Gasteiger partial charge >= 0.3 is 0 Å². The average molecular weight is 232 g/mol. The van der Waals surface area contributed by atoms with Gasteiger partial charge in [0.05, 0.1) is 0 Å². The molecule has 0 unspecified atom stereocenters. The van der Waals surface area contributed by atoms with Gasteiger partial charge in [-0.3, -0.25) is 20.2 Å². The van der Waals surface area contributed by atoms with E-state index in [-0.39, 0.29) is 9.85 Å². The second-order valence-corrected chi connectivity index (χ2v) is 5.35. The lowest BCUT2D eigenvalue weighted by atomic mass is 9.93. The van der Waals surface area contributed by atoms with Crippen molar-refractivity contribution in [2.45, 2.75) is 64.5 Å². The number of nitro groups is 2. The first kappa shape index (κ1) is 14.8. The normalized spacial score (nSPS) is 12.5. The molecule has 0 aliphatic heterocycles. The van der Waals surface area contributed by atoms with E-state index >= 15 is 0 Å². The van der Waals surface area contributed by atoms with Gasteiger partial charge in [0.25, 0.3) is 0 Å². The van der Waals surface area contributed by atoms with Gasteiger partial charge in [-0.1, -0.05) is 0 Å². The van der Waals surface area contributed by atoms with Crippen molar-refractivity contribution in [2.75, 3.05) is 0 Å². The quantitative estimate of drug-likeness (QED) is 0.383. The van der Waals surface area contributed by atoms with Gasteiger partial charge in [-0.2, -0.15) is 0 Å². The SMILES string of the molecule is CC(C)(CCCCC(C)(C)[N+](=O)[O-])[N+](=O)[O-]. The van der Waals surface area contributed by atoms with Gasteiger partial charge in [-0.25, -0.2) is 0 Å². The molecule has 0 saturated carbocycles. The zero-order chi connectivity index (χ0) is 13.0. The summed E-state index contributed by atoms with van der Waals surface area (Å²) in [6, 6.07) is 0. The maximum atomic E-state index is 10.6.